The van der Waals surface area contributed by atoms with E-state index < -0.39 is 0 Å². The van der Waals surface area contributed by atoms with Crippen molar-refractivity contribution in [3.63, 3.8) is 0 Å². The van der Waals surface area contributed by atoms with E-state index >= 15 is 0 Å². The zero-order valence-corrected chi connectivity index (χ0v) is 10.9. The molecule has 19 heavy (non-hydrogen) atoms. The van der Waals surface area contributed by atoms with Crippen molar-refractivity contribution in [2.75, 3.05) is 0 Å². The van der Waals surface area contributed by atoms with Crippen LogP contribution in [0.15, 0.2) is 30.5 Å². The Balaban J connectivity index is 2.05. The maximum atomic E-state index is 11.9. The number of carbonyl (C=O) groups is 1. The van der Waals surface area contributed by atoms with E-state index in [2.05, 4.69) is 16.4 Å². The average Bonchev–Trinajstić information content (AvgIpc) is 2.82. The third-order valence-corrected chi connectivity index (χ3v) is 3.09. The minimum atomic E-state index is -0.386. The van der Waals surface area contributed by atoms with E-state index in [1.807, 2.05) is 37.4 Å². The molecular formula is C15H17N3O. The van der Waals surface area contributed by atoms with E-state index in [1.165, 1.54) is 0 Å². The summed E-state index contributed by atoms with van der Waals surface area (Å²) < 4.78 is 0. The Bertz CT molecular complexity index is 609. The van der Waals surface area contributed by atoms with Crippen LogP contribution < -0.4 is 5.32 Å². The van der Waals surface area contributed by atoms with Crippen LogP contribution in [0.5, 0.6) is 0 Å². The van der Waals surface area contributed by atoms with Crippen molar-refractivity contribution in [1.82, 2.24) is 10.3 Å². The molecule has 0 aliphatic heterocycles. The molecule has 0 bridgehead atoms. The van der Waals surface area contributed by atoms with Crippen LogP contribution in [-0.2, 0) is 11.2 Å². The quantitative estimate of drug-likeness (QED) is 0.862. The van der Waals surface area contributed by atoms with Crippen molar-refractivity contribution in [3.05, 3.63) is 36.0 Å². The summed E-state index contributed by atoms with van der Waals surface area (Å²) in [5.74, 6) is -0.107. The Kier molecular flexibility index (Phi) is 4.19. The van der Waals surface area contributed by atoms with Gasteiger partial charge in [0.15, 0.2) is 0 Å². The number of carbonyl (C=O) groups excluding carboxylic acids is 1. The molecule has 98 valence electrons. The lowest BCUT2D eigenvalue weighted by molar-refractivity contribution is -0.120. The summed E-state index contributed by atoms with van der Waals surface area (Å²) in [7, 11) is 0. The van der Waals surface area contributed by atoms with Crippen molar-refractivity contribution in [3.8, 4) is 6.07 Å². The molecule has 2 N–H and O–H groups in total. The van der Waals surface area contributed by atoms with E-state index in [4.69, 9.17) is 5.26 Å². The number of aromatic amines is 1. The number of nitrogens with zero attached hydrogens (tertiary/aromatic N) is 1. The average molecular weight is 255 g/mol. The van der Waals surface area contributed by atoms with Crippen molar-refractivity contribution in [2.45, 2.75) is 32.2 Å². The predicted octanol–water partition coefficient (Wildman–Crippen LogP) is 2.52. The van der Waals surface area contributed by atoms with Gasteiger partial charge in [-0.15, -0.1) is 0 Å². The normalized spacial score (nSPS) is 12.0. The molecule has 2 aromatic rings. The van der Waals surface area contributed by atoms with E-state index in [9.17, 15) is 4.79 Å². The molecule has 1 aromatic heterocycles. The molecule has 2 rings (SSSR count). The first kappa shape index (κ1) is 13.2. The Morgan fingerprint density at radius 2 is 2.26 bits per heavy atom. The number of fused-ring (bicyclic) bond motifs is 1. The number of nitrogens with one attached hydrogen (secondary N) is 2. The van der Waals surface area contributed by atoms with Crippen LogP contribution in [0.2, 0.25) is 0 Å². The number of amides is 1. The van der Waals surface area contributed by atoms with E-state index in [0.29, 0.717) is 12.8 Å². The number of aromatic nitrogens is 1. The topological polar surface area (TPSA) is 68.7 Å². The SMILES string of the molecule is CCC[C@@H](C#N)NC(=O)Cc1c[nH]c2ccccc12. The maximum absolute atomic E-state index is 11.9. The highest BCUT2D eigenvalue weighted by Crippen LogP contribution is 2.18. The number of rotatable bonds is 5. The number of H-pyrrole nitrogens is 1. The zero-order chi connectivity index (χ0) is 13.7. The van der Waals surface area contributed by atoms with Gasteiger partial charge in [0.05, 0.1) is 12.5 Å². The van der Waals surface area contributed by atoms with Gasteiger partial charge in [-0.1, -0.05) is 31.5 Å². The summed E-state index contributed by atoms with van der Waals surface area (Å²) >= 11 is 0. The largest absolute Gasteiger partial charge is 0.361 e. The van der Waals surface area contributed by atoms with Gasteiger partial charge in [0, 0.05) is 17.1 Å². The molecule has 0 aliphatic rings. The molecule has 0 aliphatic carbocycles. The van der Waals surface area contributed by atoms with Gasteiger partial charge in [-0.25, -0.2) is 0 Å². The fraction of sp³-hybridized carbons (Fsp3) is 0.333. The maximum Gasteiger partial charge on any atom is 0.225 e. The Hall–Kier alpha value is -2.28. The third-order valence-electron chi connectivity index (χ3n) is 3.09. The van der Waals surface area contributed by atoms with Gasteiger partial charge >= 0.3 is 0 Å². The monoisotopic (exact) mass is 255 g/mol. The lowest BCUT2D eigenvalue weighted by atomic mass is 10.1. The molecular weight excluding hydrogens is 238 g/mol. The van der Waals surface area contributed by atoms with Crippen LogP contribution in [-0.4, -0.2) is 16.9 Å². The van der Waals surface area contributed by atoms with E-state index in [1.54, 1.807) is 0 Å². The Morgan fingerprint density at radius 1 is 1.47 bits per heavy atom. The fourth-order valence-corrected chi connectivity index (χ4v) is 2.15. The van der Waals surface area contributed by atoms with E-state index in [0.717, 1.165) is 22.9 Å². The molecule has 1 amide bonds. The summed E-state index contributed by atoms with van der Waals surface area (Å²) in [4.78, 5) is 15.1. The van der Waals surface area contributed by atoms with Gasteiger partial charge < -0.3 is 10.3 Å². The number of hydrogen-bond donors (Lipinski definition) is 2. The van der Waals surface area contributed by atoms with Crippen LogP contribution in [0.1, 0.15) is 25.3 Å². The standard InChI is InChI=1S/C15H17N3O/c1-2-5-12(9-16)18-15(19)8-11-10-17-14-7-4-3-6-13(11)14/h3-4,6-7,10,12,17H,2,5,8H2,1H3,(H,18,19)/t12-/m0/s1. The van der Waals surface area contributed by atoms with Crippen molar-refractivity contribution < 1.29 is 4.79 Å². The molecule has 0 radical (unpaired) electrons. The molecule has 0 unspecified atom stereocenters. The summed E-state index contributed by atoms with van der Waals surface area (Å²) in [5.41, 5.74) is 1.98. The second-order valence-corrected chi connectivity index (χ2v) is 4.57. The molecule has 0 spiro atoms. The molecule has 0 saturated carbocycles. The van der Waals surface area contributed by atoms with Gasteiger partial charge in [-0.3, -0.25) is 4.79 Å². The highest BCUT2D eigenvalue weighted by molar-refractivity contribution is 5.89. The van der Waals surface area contributed by atoms with Crippen molar-refractivity contribution in [2.24, 2.45) is 0 Å². The van der Waals surface area contributed by atoms with Gasteiger partial charge in [-0.2, -0.15) is 5.26 Å². The first-order valence-electron chi connectivity index (χ1n) is 6.48. The molecule has 1 atom stereocenters. The number of hydrogen-bond acceptors (Lipinski definition) is 2. The lowest BCUT2D eigenvalue weighted by Gasteiger charge is -2.09. The zero-order valence-electron chi connectivity index (χ0n) is 10.9. The van der Waals surface area contributed by atoms with Gasteiger partial charge in [0.25, 0.3) is 0 Å². The van der Waals surface area contributed by atoms with Crippen LogP contribution in [0.25, 0.3) is 10.9 Å². The second-order valence-electron chi connectivity index (χ2n) is 4.57. The van der Waals surface area contributed by atoms with E-state index in [-0.39, 0.29) is 11.9 Å². The molecule has 0 fully saturated rings. The summed E-state index contributed by atoms with van der Waals surface area (Å²) in [6.45, 7) is 2.00. The summed E-state index contributed by atoms with van der Waals surface area (Å²) in [6.07, 6.45) is 3.72. The number of benzene rings is 1. The van der Waals surface area contributed by atoms with Crippen LogP contribution >= 0.6 is 0 Å². The smallest absolute Gasteiger partial charge is 0.225 e. The predicted molar refractivity (Wildman–Crippen MR) is 74.5 cm³/mol. The van der Waals surface area contributed by atoms with Crippen molar-refractivity contribution in [1.29, 1.82) is 5.26 Å². The molecule has 0 saturated heterocycles. The highest BCUT2D eigenvalue weighted by Gasteiger charge is 2.12. The minimum Gasteiger partial charge on any atom is -0.361 e. The van der Waals surface area contributed by atoms with Crippen LogP contribution in [0.4, 0.5) is 0 Å². The van der Waals surface area contributed by atoms with Gasteiger partial charge in [0.2, 0.25) is 5.91 Å². The minimum absolute atomic E-state index is 0.107. The summed E-state index contributed by atoms with van der Waals surface area (Å²) in [5, 5.41) is 12.7. The summed E-state index contributed by atoms with van der Waals surface area (Å²) in [6, 6.07) is 9.60. The highest BCUT2D eigenvalue weighted by atomic mass is 16.1. The second kappa shape index (κ2) is 6.05. The number of nitriles is 1. The Morgan fingerprint density at radius 3 is 3.00 bits per heavy atom. The first-order valence-corrected chi connectivity index (χ1v) is 6.48. The van der Waals surface area contributed by atoms with Crippen LogP contribution in [0, 0.1) is 11.3 Å². The number of para-hydroxylation sites is 1. The first-order chi connectivity index (χ1) is 9.24. The fourth-order valence-electron chi connectivity index (χ4n) is 2.15. The molecule has 4 heteroatoms. The third kappa shape index (κ3) is 3.14. The molecule has 4 nitrogen and oxygen atoms in total. The molecule has 1 heterocycles. The molecule has 1 aromatic carbocycles. The van der Waals surface area contributed by atoms with Gasteiger partial charge in [-0.05, 0) is 18.1 Å². The Labute approximate surface area is 112 Å². The van der Waals surface area contributed by atoms with Crippen molar-refractivity contribution >= 4 is 16.8 Å². The van der Waals surface area contributed by atoms with Crippen LogP contribution in [0.3, 0.4) is 0 Å². The lowest BCUT2D eigenvalue weighted by Crippen LogP contribution is -2.34. The van der Waals surface area contributed by atoms with Gasteiger partial charge in [0.1, 0.15) is 6.04 Å².